The minimum Gasteiger partial charge on any atom is -0.311 e. The minimum atomic E-state index is 0.755. The van der Waals surface area contributed by atoms with Crippen molar-refractivity contribution in [3.63, 3.8) is 0 Å². The molecule has 2 rings (SSSR count). The van der Waals surface area contributed by atoms with Crippen molar-refractivity contribution in [1.82, 2.24) is 10.3 Å². The maximum absolute atomic E-state index is 4.66. The van der Waals surface area contributed by atoms with Gasteiger partial charge in [0.25, 0.3) is 0 Å². The summed E-state index contributed by atoms with van der Waals surface area (Å²) in [5.41, 5.74) is 1.23. The maximum Gasteiger partial charge on any atom is 0.0959 e. The molecule has 1 N–H and O–H groups in total. The Labute approximate surface area is 106 Å². The van der Waals surface area contributed by atoms with Gasteiger partial charge in [0.15, 0.2) is 0 Å². The summed E-state index contributed by atoms with van der Waals surface area (Å²) < 4.78 is 0. The van der Waals surface area contributed by atoms with E-state index in [0.29, 0.717) is 0 Å². The largest absolute Gasteiger partial charge is 0.311 e. The van der Waals surface area contributed by atoms with Crippen LogP contribution in [0.3, 0.4) is 0 Å². The number of rotatable bonds is 7. The third-order valence-corrected chi connectivity index (χ3v) is 5.03. The van der Waals surface area contributed by atoms with Gasteiger partial charge in [-0.15, -0.1) is 11.3 Å². The Balaban J connectivity index is 1.64. The molecule has 16 heavy (non-hydrogen) atoms. The SMILES string of the molecule is CSC(C)CCNCc1csc(C2CC2)n1. The average molecular weight is 256 g/mol. The van der Waals surface area contributed by atoms with Crippen molar-refractivity contribution >= 4 is 23.1 Å². The second-order valence-electron chi connectivity index (χ2n) is 4.46. The maximum atomic E-state index is 4.66. The Bertz CT molecular complexity index is 321. The third kappa shape index (κ3) is 3.75. The van der Waals surface area contributed by atoms with E-state index in [-0.39, 0.29) is 0 Å². The number of nitrogens with zero attached hydrogens (tertiary/aromatic N) is 1. The van der Waals surface area contributed by atoms with E-state index >= 15 is 0 Å². The van der Waals surface area contributed by atoms with Crippen molar-refractivity contribution in [1.29, 1.82) is 0 Å². The summed E-state index contributed by atoms with van der Waals surface area (Å²) in [6.07, 6.45) is 6.12. The van der Waals surface area contributed by atoms with Crippen molar-refractivity contribution in [3.8, 4) is 0 Å². The van der Waals surface area contributed by atoms with Gasteiger partial charge < -0.3 is 5.32 Å². The van der Waals surface area contributed by atoms with Crippen molar-refractivity contribution in [3.05, 3.63) is 16.1 Å². The van der Waals surface area contributed by atoms with E-state index in [0.717, 1.165) is 24.3 Å². The number of nitrogens with one attached hydrogen (secondary N) is 1. The number of hydrogen-bond acceptors (Lipinski definition) is 4. The molecule has 1 aliphatic carbocycles. The molecule has 4 heteroatoms. The van der Waals surface area contributed by atoms with Crippen molar-refractivity contribution in [2.24, 2.45) is 0 Å². The first-order valence-electron chi connectivity index (χ1n) is 5.97. The quantitative estimate of drug-likeness (QED) is 0.758. The number of thioether (sulfide) groups is 1. The molecule has 0 bridgehead atoms. The van der Waals surface area contributed by atoms with Crippen LogP contribution in [-0.2, 0) is 6.54 Å². The van der Waals surface area contributed by atoms with Crippen LogP contribution >= 0.6 is 23.1 Å². The lowest BCUT2D eigenvalue weighted by molar-refractivity contribution is 0.640. The average Bonchev–Trinajstić information content (AvgIpc) is 3.05. The molecule has 1 saturated carbocycles. The van der Waals surface area contributed by atoms with Crippen LogP contribution in [0.15, 0.2) is 5.38 Å². The first kappa shape index (κ1) is 12.4. The molecule has 0 radical (unpaired) electrons. The molecular weight excluding hydrogens is 236 g/mol. The number of hydrogen-bond donors (Lipinski definition) is 1. The summed E-state index contributed by atoms with van der Waals surface area (Å²) in [7, 11) is 0. The summed E-state index contributed by atoms with van der Waals surface area (Å²) in [5.74, 6) is 0.801. The molecule has 1 unspecified atom stereocenters. The zero-order valence-corrected chi connectivity index (χ0v) is 11.7. The van der Waals surface area contributed by atoms with Gasteiger partial charge in [-0.3, -0.25) is 0 Å². The molecule has 0 amide bonds. The second kappa shape index (κ2) is 6.03. The van der Waals surface area contributed by atoms with E-state index in [1.165, 1.54) is 30.0 Å². The summed E-state index contributed by atoms with van der Waals surface area (Å²) >= 11 is 3.77. The van der Waals surface area contributed by atoms with E-state index < -0.39 is 0 Å². The Morgan fingerprint density at radius 2 is 2.44 bits per heavy atom. The Kier molecular flexibility index (Phi) is 4.67. The van der Waals surface area contributed by atoms with Gasteiger partial charge in [-0.2, -0.15) is 11.8 Å². The van der Waals surface area contributed by atoms with Crippen molar-refractivity contribution in [2.75, 3.05) is 12.8 Å². The minimum absolute atomic E-state index is 0.755. The molecule has 1 heterocycles. The van der Waals surface area contributed by atoms with Gasteiger partial charge in [0.05, 0.1) is 10.7 Å². The molecule has 1 atom stereocenters. The first-order chi connectivity index (χ1) is 7.79. The molecule has 1 aromatic rings. The van der Waals surface area contributed by atoms with Crippen LogP contribution in [0.5, 0.6) is 0 Å². The highest BCUT2D eigenvalue weighted by atomic mass is 32.2. The molecule has 90 valence electrons. The molecule has 0 aliphatic heterocycles. The molecule has 0 saturated heterocycles. The zero-order chi connectivity index (χ0) is 11.4. The summed E-state index contributed by atoms with van der Waals surface area (Å²) in [6, 6.07) is 0. The van der Waals surface area contributed by atoms with Crippen LogP contribution < -0.4 is 5.32 Å². The summed E-state index contributed by atoms with van der Waals surface area (Å²) in [4.78, 5) is 4.66. The van der Waals surface area contributed by atoms with Crippen LogP contribution in [-0.4, -0.2) is 23.0 Å². The highest BCUT2D eigenvalue weighted by Crippen LogP contribution is 2.41. The summed E-state index contributed by atoms with van der Waals surface area (Å²) in [5, 5.41) is 7.79. The van der Waals surface area contributed by atoms with Crippen molar-refractivity contribution in [2.45, 2.75) is 43.9 Å². The van der Waals surface area contributed by atoms with Gasteiger partial charge in [0.2, 0.25) is 0 Å². The van der Waals surface area contributed by atoms with Gasteiger partial charge in [0.1, 0.15) is 0 Å². The Hall–Kier alpha value is -0.0600. The Morgan fingerprint density at radius 1 is 1.62 bits per heavy atom. The Morgan fingerprint density at radius 3 is 3.12 bits per heavy atom. The zero-order valence-electron chi connectivity index (χ0n) is 10.0. The van der Waals surface area contributed by atoms with Gasteiger partial charge in [-0.1, -0.05) is 6.92 Å². The molecule has 1 aromatic heterocycles. The lowest BCUT2D eigenvalue weighted by Crippen LogP contribution is -2.17. The molecule has 1 fully saturated rings. The molecular formula is C12H20N2S2. The lowest BCUT2D eigenvalue weighted by atomic mass is 10.3. The van der Waals surface area contributed by atoms with E-state index in [4.69, 9.17) is 0 Å². The van der Waals surface area contributed by atoms with E-state index in [2.05, 4.69) is 28.9 Å². The van der Waals surface area contributed by atoms with Gasteiger partial charge >= 0.3 is 0 Å². The smallest absolute Gasteiger partial charge is 0.0959 e. The molecule has 0 spiro atoms. The monoisotopic (exact) mass is 256 g/mol. The predicted molar refractivity (Wildman–Crippen MR) is 73.4 cm³/mol. The van der Waals surface area contributed by atoms with Gasteiger partial charge in [-0.25, -0.2) is 4.98 Å². The number of aromatic nitrogens is 1. The normalized spacial score (nSPS) is 17.6. The van der Waals surface area contributed by atoms with E-state index in [1.54, 1.807) is 0 Å². The molecule has 2 nitrogen and oxygen atoms in total. The fourth-order valence-electron chi connectivity index (χ4n) is 1.56. The van der Waals surface area contributed by atoms with Gasteiger partial charge in [-0.05, 0) is 32.1 Å². The molecule has 0 aromatic carbocycles. The van der Waals surface area contributed by atoms with Crippen LogP contribution in [0.1, 0.15) is 42.8 Å². The first-order valence-corrected chi connectivity index (χ1v) is 8.14. The van der Waals surface area contributed by atoms with E-state index in [1.807, 2.05) is 23.1 Å². The second-order valence-corrected chi connectivity index (χ2v) is 6.63. The number of thiazole rings is 1. The highest BCUT2D eigenvalue weighted by Gasteiger charge is 2.26. The van der Waals surface area contributed by atoms with Crippen LogP contribution in [0, 0.1) is 0 Å². The molecule has 1 aliphatic rings. The summed E-state index contributed by atoms with van der Waals surface area (Å²) in [6.45, 7) is 4.31. The fraction of sp³-hybridized carbons (Fsp3) is 0.750. The third-order valence-electron chi connectivity index (χ3n) is 2.93. The van der Waals surface area contributed by atoms with Crippen molar-refractivity contribution < 1.29 is 0 Å². The standard InChI is InChI=1S/C12H20N2S2/c1-9(15-2)5-6-13-7-11-8-16-12(14-11)10-3-4-10/h8-10,13H,3-7H2,1-2H3. The predicted octanol–water partition coefficient (Wildman–Crippen LogP) is 3.25. The van der Waals surface area contributed by atoms with Crippen LogP contribution in [0.4, 0.5) is 0 Å². The lowest BCUT2D eigenvalue weighted by Gasteiger charge is -2.07. The van der Waals surface area contributed by atoms with E-state index in [9.17, 15) is 0 Å². The van der Waals surface area contributed by atoms with Crippen LogP contribution in [0.25, 0.3) is 0 Å². The fourth-order valence-corrected chi connectivity index (χ4v) is 2.91. The van der Waals surface area contributed by atoms with Gasteiger partial charge in [0, 0.05) is 23.1 Å². The topological polar surface area (TPSA) is 24.9 Å². The van der Waals surface area contributed by atoms with Crippen LogP contribution in [0.2, 0.25) is 0 Å². The highest BCUT2D eigenvalue weighted by molar-refractivity contribution is 7.99.